The van der Waals surface area contributed by atoms with Crippen molar-refractivity contribution in [1.29, 1.82) is 0 Å². The molecule has 62 valence electrons. The van der Waals surface area contributed by atoms with Crippen molar-refractivity contribution in [1.82, 2.24) is 0 Å². The zero-order valence-corrected chi connectivity index (χ0v) is 7.00. The van der Waals surface area contributed by atoms with Crippen molar-refractivity contribution in [3.05, 3.63) is 23.8 Å². The number of aliphatic carboxylic acids is 1. The third-order valence-electron chi connectivity index (χ3n) is 1.32. The van der Waals surface area contributed by atoms with E-state index in [1.54, 1.807) is 12.2 Å². The summed E-state index contributed by atoms with van der Waals surface area (Å²) >= 11 is 0. The van der Waals surface area contributed by atoms with Crippen LogP contribution in [-0.4, -0.2) is 11.1 Å². The largest absolute Gasteiger partial charge is 0.478 e. The minimum atomic E-state index is -0.826. The molecule has 0 aromatic rings. The van der Waals surface area contributed by atoms with E-state index in [0.717, 1.165) is 6.42 Å². The van der Waals surface area contributed by atoms with Crippen LogP contribution in [0.15, 0.2) is 23.8 Å². The van der Waals surface area contributed by atoms with Gasteiger partial charge in [0.25, 0.3) is 0 Å². The van der Waals surface area contributed by atoms with E-state index in [9.17, 15) is 4.79 Å². The van der Waals surface area contributed by atoms with Crippen LogP contribution in [0.5, 0.6) is 0 Å². The van der Waals surface area contributed by atoms with Crippen molar-refractivity contribution in [3.63, 3.8) is 0 Å². The second-order valence-electron chi connectivity index (χ2n) is 2.19. The first kappa shape index (κ1) is 9.95. The number of allylic oxidation sites excluding steroid dienone is 3. The standard InChI is InChI=1S/C9H14O2/c1-3-5-6-7-8(4-2)9(10)11/h5-7H,3-4H2,1-2H3,(H,10,11)/b6-5-,8-7+. The lowest BCUT2D eigenvalue weighted by molar-refractivity contribution is -0.132. The predicted octanol–water partition coefficient (Wildman–Crippen LogP) is 2.37. The molecule has 0 saturated carbocycles. The quantitative estimate of drug-likeness (QED) is 0.498. The molecule has 0 amide bonds. The van der Waals surface area contributed by atoms with Gasteiger partial charge in [0.1, 0.15) is 0 Å². The molecule has 11 heavy (non-hydrogen) atoms. The Bertz CT molecular complexity index is 178. The minimum absolute atomic E-state index is 0.453. The summed E-state index contributed by atoms with van der Waals surface area (Å²) in [6.45, 7) is 3.84. The second kappa shape index (κ2) is 5.71. The molecule has 0 aromatic carbocycles. The molecule has 2 heteroatoms. The van der Waals surface area contributed by atoms with Crippen LogP contribution in [0.2, 0.25) is 0 Å². The zero-order valence-electron chi connectivity index (χ0n) is 7.00. The third-order valence-corrected chi connectivity index (χ3v) is 1.32. The molecule has 0 bridgehead atoms. The summed E-state index contributed by atoms with van der Waals surface area (Å²) < 4.78 is 0. The Balaban J connectivity index is 4.12. The summed E-state index contributed by atoms with van der Waals surface area (Å²) in [6.07, 6.45) is 6.87. The fraction of sp³-hybridized carbons (Fsp3) is 0.444. The van der Waals surface area contributed by atoms with E-state index in [1.165, 1.54) is 0 Å². The van der Waals surface area contributed by atoms with Crippen LogP contribution in [0.25, 0.3) is 0 Å². The van der Waals surface area contributed by atoms with Crippen LogP contribution in [0, 0.1) is 0 Å². The first-order chi connectivity index (χ1) is 5.22. The summed E-state index contributed by atoms with van der Waals surface area (Å²) in [7, 11) is 0. The van der Waals surface area contributed by atoms with E-state index >= 15 is 0 Å². The summed E-state index contributed by atoms with van der Waals surface area (Å²) in [5.74, 6) is -0.826. The van der Waals surface area contributed by atoms with Crippen LogP contribution in [0.3, 0.4) is 0 Å². The molecule has 0 atom stereocenters. The number of hydrogen-bond donors (Lipinski definition) is 1. The van der Waals surface area contributed by atoms with Gasteiger partial charge in [0.05, 0.1) is 0 Å². The Morgan fingerprint density at radius 2 is 2.09 bits per heavy atom. The Kier molecular flexibility index (Phi) is 5.17. The highest BCUT2D eigenvalue weighted by Crippen LogP contribution is 2.00. The van der Waals surface area contributed by atoms with Gasteiger partial charge in [-0.3, -0.25) is 0 Å². The maximum absolute atomic E-state index is 10.4. The normalized spacial score (nSPS) is 12.4. The molecule has 0 fully saturated rings. The maximum atomic E-state index is 10.4. The van der Waals surface area contributed by atoms with Gasteiger partial charge in [-0.1, -0.05) is 32.1 Å². The van der Waals surface area contributed by atoms with Crippen LogP contribution in [0.4, 0.5) is 0 Å². The van der Waals surface area contributed by atoms with Gasteiger partial charge < -0.3 is 5.11 Å². The topological polar surface area (TPSA) is 37.3 Å². The van der Waals surface area contributed by atoms with Crippen molar-refractivity contribution < 1.29 is 9.90 Å². The van der Waals surface area contributed by atoms with Crippen LogP contribution < -0.4 is 0 Å². The molecule has 0 aliphatic heterocycles. The van der Waals surface area contributed by atoms with Gasteiger partial charge >= 0.3 is 5.97 Å². The van der Waals surface area contributed by atoms with Crippen molar-refractivity contribution in [2.24, 2.45) is 0 Å². The fourth-order valence-electron chi connectivity index (χ4n) is 0.661. The number of hydrogen-bond acceptors (Lipinski definition) is 1. The number of carboxylic acid groups (broad SMARTS) is 1. The Morgan fingerprint density at radius 1 is 1.45 bits per heavy atom. The van der Waals surface area contributed by atoms with Crippen LogP contribution in [-0.2, 0) is 4.79 Å². The predicted molar refractivity (Wildman–Crippen MR) is 45.4 cm³/mol. The number of carboxylic acids is 1. The maximum Gasteiger partial charge on any atom is 0.331 e. The zero-order chi connectivity index (χ0) is 8.69. The number of rotatable bonds is 4. The summed E-state index contributed by atoms with van der Waals surface area (Å²) in [6, 6.07) is 0. The summed E-state index contributed by atoms with van der Waals surface area (Å²) in [5, 5.41) is 8.57. The molecule has 0 radical (unpaired) electrons. The highest BCUT2D eigenvalue weighted by molar-refractivity contribution is 5.86. The first-order valence-electron chi connectivity index (χ1n) is 3.81. The average Bonchev–Trinajstić information content (AvgIpc) is 1.97. The summed E-state index contributed by atoms with van der Waals surface area (Å²) in [4.78, 5) is 10.4. The Morgan fingerprint density at radius 3 is 2.45 bits per heavy atom. The van der Waals surface area contributed by atoms with Gasteiger partial charge in [-0.2, -0.15) is 0 Å². The van der Waals surface area contributed by atoms with Crippen LogP contribution >= 0.6 is 0 Å². The molecule has 0 unspecified atom stereocenters. The van der Waals surface area contributed by atoms with E-state index in [1.807, 2.05) is 19.9 Å². The molecule has 0 aromatic heterocycles. The smallest absolute Gasteiger partial charge is 0.331 e. The van der Waals surface area contributed by atoms with E-state index < -0.39 is 5.97 Å². The number of carbonyl (C=O) groups is 1. The van der Waals surface area contributed by atoms with E-state index in [-0.39, 0.29) is 0 Å². The van der Waals surface area contributed by atoms with Crippen molar-refractivity contribution in [2.45, 2.75) is 26.7 Å². The van der Waals surface area contributed by atoms with E-state index in [4.69, 9.17) is 5.11 Å². The van der Waals surface area contributed by atoms with E-state index in [2.05, 4.69) is 0 Å². The lowest BCUT2D eigenvalue weighted by Crippen LogP contribution is -1.97. The monoisotopic (exact) mass is 154 g/mol. The van der Waals surface area contributed by atoms with Gasteiger partial charge in [0.15, 0.2) is 0 Å². The lowest BCUT2D eigenvalue weighted by Gasteiger charge is -1.92. The van der Waals surface area contributed by atoms with Gasteiger partial charge in [0, 0.05) is 5.57 Å². The minimum Gasteiger partial charge on any atom is -0.478 e. The molecule has 0 heterocycles. The van der Waals surface area contributed by atoms with Gasteiger partial charge in [-0.05, 0) is 12.8 Å². The molecule has 2 nitrogen and oxygen atoms in total. The second-order valence-corrected chi connectivity index (χ2v) is 2.19. The Labute approximate surface area is 67.2 Å². The highest BCUT2D eigenvalue weighted by atomic mass is 16.4. The molecule has 1 N–H and O–H groups in total. The molecule has 0 aliphatic rings. The first-order valence-corrected chi connectivity index (χ1v) is 3.81. The van der Waals surface area contributed by atoms with Crippen molar-refractivity contribution in [2.75, 3.05) is 0 Å². The molecular formula is C9H14O2. The Hall–Kier alpha value is -1.05. The van der Waals surface area contributed by atoms with E-state index in [0.29, 0.717) is 12.0 Å². The van der Waals surface area contributed by atoms with Gasteiger partial charge in [-0.15, -0.1) is 0 Å². The molecule has 0 saturated heterocycles. The van der Waals surface area contributed by atoms with Crippen LogP contribution in [0.1, 0.15) is 26.7 Å². The molecule has 0 rings (SSSR count). The highest BCUT2D eigenvalue weighted by Gasteiger charge is 2.00. The van der Waals surface area contributed by atoms with Gasteiger partial charge in [-0.25, -0.2) is 4.79 Å². The van der Waals surface area contributed by atoms with Gasteiger partial charge in [0.2, 0.25) is 0 Å². The summed E-state index contributed by atoms with van der Waals surface area (Å²) in [5.41, 5.74) is 0.453. The molecule has 0 aliphatic carbocycles. The third kappa shape index (κ3) is 4.37. The van der Waals surface area contributed by atoms with Crippen molar-refractivity contribution in [3.8, 4) is 0 Å². The molecule has 0 spiro atoms. The molecular weight excluding hydrogens is 140 g/mol. The lowest BCUT2D eigenvalue weighted by atomic mass is 10.2. The van der Waals surface area contributed by atoms with Crippen molar-refractivity contribution >= 4 is 5.97 Å². The SMILES string of the molecule is CC/C=C\C=C(/CC)C(=O)O. The average molecular weight is 154 g/mol. The fourth-order valence-corrected chi connectivity index (χ4v) is 0.661.